The van der Waals surface area contributed by atoms with E-state index in [-0.39, 0.29) is 19.0 Å². The van der Waals surface area contributed by atoms with Crippen LogP contribution < -0.4 is 0 Å². The largest absolute Gasteiger partial charge is 0.469 e. The average Bonchev–Trinajstić information content (AvgIpc) is 2.89. The summed E-state index contributed by atoms with van der Waals surface area (Å²) in [6.45, 7) is 7.54. The highest BCUT2D eigenvalue weighted by molar-refractivity contribution is 5.70. The molecule has 0 unspecified atom stereocenters. The molecule has 0 saturated carbocycles. The Morgan fingerprint density at radius 1 is 0.361 bits per heavy atom. The molecule has 0 aromatic rings. The van der Waals surface area contributed by atoms with Crippen LogP contribution in [-0.2, 0) is 61.7 Å². The first-order valence-electron chi connectivity index (χ1n) is 12.0. The molecule has 0 spiro atoms. The number of hydrogen-bond acceptors (Lipinski definition) is 13. The van der Waals surface area contributed by atoms with E-state index in [1.54, 1.807) is 0 Å². The van der Waals surface area contributed by atoms with Crippen molar-refractivity contribution in [2.75, 3.05) is 133 Å². The summed E-state index contributed by atoms with van der Waals surface area (Å²) in [4.78, 5) is 21.7. The molecule has 0 aromatic carbocycles. The van der Waals surface area contributed by atoms with Crippen molar-refractivity contribution in [3.63, 3.8) is 0 Å². The first kappa shape index (κ1) is 34.6. The zero-order valence-corrected chi connectivity index (χ0v) is 21.7. The van der Waals surface area contributed by atoms with Crippen LogP contribution in [0.2, 0.25) is 0 Å². The standard InChI is InChI=1S/C23H44O13/c1-26-22(24)3-4-28-5-6-29-7-8-30-9-10-31-11-12-32-13-14-33-15-16-34-17-18-35-19-20-36-21-23(25)27-2/h3-21H2,1-2H3. The van der Waals surface area contributed by atoms with E-state index in [0.29, 0.717) is 112 Å². The van der Waals surface area contributed by atoms with Gasteiger partial charge in [-0.1, -0.05) is 0 Å². The van der Waals surface area contributed by atoms with Crippen LogP contribution in [-0.4, -0.2) is 145 Å². The van der Waals surface area contributed by atoms with Gasteiger partial charge < -0.3 is 52.1 Å². The molecule has 0 aliphatic carbocycles. The van der Waals surface area contributed by atoms with Gasteiger partial charge in [-0.3, -0.25) is 4.79 Å². The minimum absolute atomic E-state index is 0.0719. The topological polar surface area (TPSA) is 136 Å². The number of carbonyl (C=O) groups excluding carboxylic acids is 2. The van der Waals surface area contributed by atoms with Gasteiger partial charge in [0.25, 0.3) is 0 Å². The molecule has 0 amide bonds. The maximum Gasteiger partial charge on any atom is 0.331 e. The Kier molecular flexibility index (Phi) is 28.6. The molecule has 0 aliphatic rings. The zero-order chi connectivity index (χ0) is 26.4. The molecule has 0 atom stereocenters. The normalized spacial score (nSPS) is 11.1. The van der Waals surface area contributed by atoms with E-state index in [4.69, 9.17) is 42.6 Å². The minimum atomic E-state index is -0.410. The van der Waals surface area contributed by atoms with Gasteiger partial charge in [0.05, 0.1) is 133 Å². The molecule has 13 heteroatoms. The van der Waals surface area contributed by atoms with Crippen molar-refractivity contribution in [2.24, 2.45) is 0 Å². The van der Waals surface area contributed by atoms with E-state index < -0.39 is 5.97 Å². The van der Waals surface area contributed by atoms with Gasteiger partial charge in [0.2, 0.25) is 0 Å². The minimum Gasteiger partial charge on any atom is -0.469 e. The summed E-state index contributed by atoms with van der Waals surface area (Å²) in [6, 6.07) is 0. The second-order valence-corrected chi connectivity index (χ2v) is 6.85. The molecule has 0 rings (SSSR count). The monoisotopic (exact) mass is 528 g/mol. The fraction of sp³-hybridized carbons (Fsp3) is 0.913. The molecule has 0 radical (unpaired) electrons. The number of carbonyl (C=O) groups is 2. The second-order valence-electron chi connectivity index (χ2n) is 6.85. The molecule has 0 heterocycles. The molecule has 0 bridgehead atoms. The number of rotatable bonds is 29. The summed E-state index contributed by atoms with van der Waals surface area (Å²) in [7, 11) is 2.66. The molecule has 0 N–H and O–H groups in total. The molecule has 36 heavy (non-hydrogen) atoms. The molecule has 0 fully saturated rings. The van der Waals surface area contributed by atoms with Crippen LogP contribution in [0.3, 0.4) is 0 Å². The first-order valence-corrected chi connectivity index (χ1v) is 12.0. The van der Waals surface area contributed by atoms with Crippen molar-refractivity contribution in [2.45, 2.75) is 6.42 Å². The van der Waals surface area contributed by atoms with Crippen LogP contribution >= 0.6 is 0 Å². The van der Waals surface area contributed by atoms with Gasteiger partial charge in [-0.15, -0.1) is 0 Å². The molecular formula is C23H44O13. The van der Waals surface area contributed by atoms with E-state index in [0.717, 1.165) is 0 Å². The molecule has 0 saturated heterocycles. The summed E-state index contributed by atoms with van der Waals surface area (Å²) in [5.74, 6) is -0.699. The quantitative estimate of drug-likeness (QED) is 0.0943. The van der Waals surface area contributed by atoms with Crippen LogP contribution in [0.5, 0.6) is 0 Å². The van der Waals surface area contributed by atoms with Gasteiger partial charge in [-0.2, -0.15) is 0 Å². The van der Waals surface area contributed by atoms with Gasteiger partial charge in [-0.25, -0.2) is 4.79 Å². The maximum atomic E-state index is 10.9. The first-order chi connectivity index (χ1) is 17.7. The van der Waals surface area contributed by atoms with Gasteiger partial charge in [0, 0.05) is 0 Å². The lowest BCUT2D eigenvalue weighted by atomic mass is 10.5. The van der Waals surface area contributed by atoms with Crippen molar-refractivity contribution in [3.05, 3.63) is 0 Å². The Morgan fingerprint density at radius 3 is 0.889 bits per heavy atom. The number of hydrogen-bond donors (Lipinski definition) is 0. The fourth-order valence-electron chi connectivity index (χ4n) is 2.23. The third kappa shape index (κ3) is 28.8. The van der Waals surface area contributed by atoms with Crippen molar-refractivity contribution < 1.29 is 61.7 Å². The van der Waals surface area contributed by atoms with Crippen LogP contribution in [0.25, 0.3) is 0 Å². The van der Waals surface area contributed by atoms with Crippen molar-refractivity contribution in [1.82, 2.24) is 0 Å². The molecule has 0 aliphatic heterocycles. The lowest BCUT2D eigenvalue weighted by Crippen LogP contribution is -2.16. The Bertz CT molecular complexity index is 437. The van der Waals surface area contributed by atoms with E-state index in [2.05, 4.69) is 9.47 Å². The van der Waals surface area contributed by atoms with Crippen molar-refractivity contribution in [1.29, 1.82) is 0 Å². The van der Waals surface area contributed by atoms with E-state index in [1.807, 2.05) is 0 Å². The van der Waals surface area contributed by atoms with E-state index >= 15 is 0 Å². The smallest absolute Gasteiger partial charge is 0.331 e. The lowest BCUT2D eigenvalue weighted by Gasteiger charge is -2.08. The van der Waals surface area contributed by atoms with Gasteiger partial charge in [0.1, 0.15) is 6.61 Å². The molecular weight excluding hydrogens is 484 g/mol. The molecule has 214 valence electrons. The summed E-state index contributed by atoms with van der Waals surface area (Å²) in [5, 5.41) is 0. The zero-order valence-electron chi connectivity index (χ0n) is 21.7. The number of ether oxygens (including phenoxy) is 11. The highest BCUT2D eigenvalue weighted by Gasteiger charge is 2.00. The van der Waals surface area contributed by atoms with Crippen LogP contribution in [0.1, 0.15) is 6.42 Å². The van der Waals surface area contributed by atoms with Gasteiger partial charge >= 0.3 is 11.9 Å². The van der Waals surface area contributed by atoms with E-state index in [1.165, 1.54) is 14.2 Å². The van der Waals surface area contributed by atoms with Crippen LogP contribution in [0, 0.1) is 0 Å². The highest BCUT2D eigenvalue weighted by Crippen LogP contribution is 1.88. The SMILES string of the molecule is COC(=O)CCOCCOCCOCCOCCOCCOCCOCCOCCOCC(=O)OC. The highest BCUT2D eigenvalue weighted by atomic mass is 16.6. The molecule has 0 aromatic heterocycles. The predicted molar refractivity (Wildman–Crippen MR) is 126 cm³/mol. The number of methoxy groups -OCH3 is 2. The summed E-state index contributed by atoms with van der Waals surface area (Å²) < 4.78 is 56.9. The Balaban J connectivity index is 3.05. The predicted octanol–water partition coefficient (Wildman–Crippen LogP) is -0.128. The summed E-state index contributed by atoms with van der Waals surface area (Å²) in [5.41, 5.74) is 0. The van der Waals surface area contributed by atoms with Crippen LogP contribution in [0.4, 0.5) is 0 Å². The third-order valence-electron chi connectivity index (χ3n) is 4.10. The van der Waals surface area contributed by atoms with Crippen LogP contribution in [0.15, 0.2) is 0 Å². The maximum absolute atomic E-state index is 10.9. The van der Waals surface area contributed by atoms with Crippen molar-refractivity contribution in [3.8, 4) is 0 Å². The van der Waals surface area contributed by atoms with Gasteiger partial charge in [0.15, 0.2) is 0 Å². The summed E-state index contributed by atoms with van der Waals surface area (Å²) in [6.07, 6.45) is 0.243. The lowest BCUT2D eigenvalue weighted by molar-refractivity contribution is -0.146. The van der Waals surface area contributed by atoms with E-state index in [9.17, 15) is 9.59 Å². The van der Waals surface area contributed by atoms with Gasteiger partial charge in [-0.05, 0) is 0 Å². The summed E-state index contributed by atoms with van der Waals surface area (Å²) >= 11 is 0. The number of esters is 2. The Hall–Kier alpha value is -1.42. The second kappa shape index (κ2) is 29.8. The molecule has 13 nitrogen and oxygen atoms in total. The Labute approximate surface area is 213 Å². The fourth-order valence-corrected chi connectivity index (χ4v) is 2.23. The average molecular weight is 529 g/mol. The third-order valence-corrected chi connectivity index (χ3v) is 4.10. The van der Waals surface area contributed by atoms with Crippen molar-refractivity contribution >= 4 is 11.9 Å². The Morgan fingerprint density at radius 2 is 0.611 bits per heavy atom.